The van der Waals surface area contributed by atoms with Gasteiger partial charge in [0.25, 0.3) is 11.8 Å². The molecule has 2 aromatic rings. The summed E-state index contributed by atoms with van der Waals surface area (Å²) >= 11 is 0. The average molecular weight is 389 g/mol. The van der Waals surface area contributed by atoms with Gasteiger partial charge in [0.15, 0.2) is 0 Å². The van der Waals surface area contributed by atoms with Crippen molar-refractivity contribution in [2.75, 3.05) is 26.2 Å². The number of benzene rings is 1. The van der Waals surface area contributed by atoms with Gasteiger partial charge in [-0.2, -0.15) is 0 Å². The van der Waals surface area contributed by atoms with E-state index in [4.69, 9.17) is 5.11 Å². The number of pyridine rings is 1. The molecule has 146 valence electrons. The molecule has 9 heteroatoms. The van der Waals surface area contributed by atoms with Gasteiger partial charge in [0.1, 0.15) is 22.9 Å². The number of amides is 2. The number of aryl methyl sites for hydroxylation is 1. The van der Waals surface area contributed by atoms with E-state index in [0.717, 1.165) is 12.1 Å². The lowest BCUT2D eigenvalue weighted by Crippen LogP contribution is -2.51. The molecule has 1 aliphatic rings. The molecule has 0 aliphatic carbocycles. The van der Waals surface area contributed by atoms with E-state index in [0.29, 0.717) is 0 Å². The molecule has 1 aromatic heterocycles. The number of carbonyl (C=O) groups is 3. The summed E-state index contributed by atoms with van der Waals surface area (Å²) in [6, 6.07) is 5.88. The predicted molar refractivity (Wildman–Crippen MR) is 94.1 cm³/mol. The Bertz CT molecular complexity index is 936. The number of aromatic carboxylic acids is 1. The summed E-state index contributed by atoms with van der Waals surface area (Å²) in [4.78, 5) is 42.8. The van der Waals surface area contributed by atoms with Gasteiger partial charge >= 0.3 is 5.97 Å². The smallest absolute Gasteiger partial charge is 0.337 e. The van der Waals surface area contributed by atoms with Crippen LogP contribution in [0.3, 0.4) is 0 Å². The van der Waals surface area contributed by atoms with Gasteiger partial charge in [-0.15, -0.1) is 0 Å². The Hall–Kier alpha value is -3.36. The molecule has 0 unspecified atom stereocenters. The quantitative estimate of drug-likeness (QED) is 0.867. The zero-order chi connectivity index (χ0) is 20.4. The van der Waals surface area contributed by atoms with E-state index < -0.39 is 35.0 Å². The summed E-state index contributed by atoms with van der Waals surface area (Å²) in [5, 5.41) is 9.03. The predicted octanol–water partition coefficient (Wildman–Crippen LogP) is 1.96. The molecule has 0 bridgehead atoms. The van der Waals surface area contributed by atoms with Gasteiger partial charge in [-0.1, -0.05) is 6.07 Å². The van der Waals surface area contributed by atoms with Crippen molar-refractivity contribution < 1.29 is 28.3 Å². The number of hydrogen-bond acceptors (Lipinski definition) is 4. The Morgan fingerprint density at radius 1 is 0.929 bits per heavy atom. The van der Waals surface area contributed by atoms with E-state index in [9.17, 15) is 23.2 Å². The monoisotopic (exact) mass is 389 g/mol. The van der Waals surface area contributed by atoms with Gasteiger partial charge in [0.2, 0.25) is 0 Å². The summed E-state index contributed by atoms with van der Waals surface area (Å²) in [5.74, 6) is -4.15. The maximum absolute atomic E-state index is 13.8. The maximum Gasteiger partial charge on any atom is 0.337 e. The second-order valence-electron chi connectivity index (χ2n) is 6.32. The molecule has 1 saturated heterocycles. The lowest BCUT2D eigenvalue weighted by molar-refractivity contribution is 0.0526. The molecule has 0 radical (unpaired) electrons. The number of carboxylic acids is 1. The first-order valence-electron chi connectivity index (χ1n) is 8.53. The molecule has 0 saturated carbocycles. The number of rotatable bonds is 3. The average Bonchev–Trinajstić information content (AvgIpc) is 2.67. The maximum atomic E-state index is 13.8. The SMILES string of the molecule is Cc1nc(C(=O)N2CCN(C(=O)c3c(F)cccc3F)CC2)ccc1C(=O)O. The second kappa shape index (κ2) is 7.71. The Kier molecular flexibility index (Phi) is 5.34. The van der Waals surface area contributed by atoms with Crippen molar-refractivity contribution in [2.45, 2.75) is 6.92 Å². The highest BCUT2D eigenvalue weighted by Gasteiger charge is 2.29. The van der Waals surface area contributed by atoms with Crippen LogP contribution in [-0.2, 0) is 0 Å². The van der Waals surface area contributed by atoms with Crippen molar-refractivity contribution in [3.63, 3.8) is 0 Å². The number of carboxylic acid groups (broad SMARTS) is 1. The normalized spacial score (nSPS) is 14.1. The summed E-state index contributed by atoms with van der Waals surface area (Å²) in [7, 11) is 0. The first kappa shape index (κ1) is 19.4. The number of hydrogen-bond donors (Lipinski definition) is 1. The van der Waals surface area contributed by atoms with Crippen LogP contribution in [0.25, 0.3) is 0 Å². The molecule has 1 N–H and O–H groups in total. The van der Waals surface area contributed by atoms with Crippen LogP contribution < -0.4 is 0 Å². The zero-order valence-electron chi connectivity index (χ0n) is 15.0. The first-order valence-corrected chi connectivity index (χ1v) is 8.53. The Morgan fingerprint density at radius 3 is 1.96 bits per heavy atom. The van der Waals surface area contributed by atoms with Gasteiger partial charge in [0, 0.05) is 26.2 Å². The minimum absolute atomic E-state index is 0.0129. The summed E-state index contributed by atoms with van der Waals surface area (Å²) < 4.78 is 27.6. The van der Waals surface area contributed by atoms with Crippen LogP contribution in [0, 0.1) is 18.6 Å². The fourth-order valence-electron chi connectivity index (χ4n) is 3.04. The van der Waals surface area contributed by atoms with Crippen molar-refractivity contribution >= 4 is 17.8 Å². The van der Waals surface area contributed by atoms with E-state index in [1.807, 2.05) is 0 Å². The summed E-state index contributed by atoms with van der Waals surface area (Å²) in [5.41, 5.74) is -0.271. The van der Waals surface area contributed by atoms with E-state index in [-0.39, 0.29) is 43.1 Å². The topological polar surface area (TPSA) is 90.8 Å². The molecule has 1 fully saturated rings. The first-order chi connectivity index (χ1) is 13.3. The molecular weight excluding hydrogens is 372 g/mol. The molecule has 3 rings (SSSR count). The van der Waals surface area contributed by atoms with Gasteiger partial charge in [0.05, 0.1) is 11.3 Å². The third-order valence-corrected chi connectivity index (χ3v) is 4.57. The number of halogens is 2. The van der Waals surface area contributed by atoms with Gasteiger partial charge < -0.3 is 14.9 Å². The highest BCUT2D eigenvalue weighted by molar-refractivity contribution is 5.96. The third kappa shape index (κ3) is 3.68. The van der Waals surface area contributed by atoms with Crippen molar-refractivity contribution in [3.8, 4) is 0 Å². The lowest BCUT2D eigenvalue weighted by atomic mass is 10.1. The van der Waals surface area contributed by atoms with Crippen LogP contribution in [0.5, 0.6) is 0 Å². The van der Waals surface area contributed by atoms with Crippen molar-refractivity contribution in [3.05, 3.63) is 64.5 Å². The number of aromatic nitrogens is 1. The highest BCUT2D eigenvalue weighted by Crippen LogP contribution is 2.17. The summed E-state index contributed by atoms with van der Waals surface area (Å²) in [6.45, 7) is 2.07. The number of nitrogens with zero attached hydrogens (tertiary/aromatic N) is 3. The molecule has 0 atom stereocenters. The van der Waals surface area contributed by atoms with Gasteiger partial charge in [-0.3, -0.25) is 9.59 Å². The van der Waals surface area contributed by atoms with Gasteiger partial charge in [-0.05, 0) is 31.2 Å². The Morgan fingerprint density at radius 2 is 1.46 bits per heavy atom. The van der Waals surface area contributed by atoms with E-state index in [2.05, 4.69) is 4.98 Å². The molecule has 2 amide bonds. The molecular formula is C19H17F2N3O4. The van der Waals surface area contributed by atoms with E-state index >= 15 is 0 Å². The highest BCUT2D eigenvalue weighted by atomic mass is 19.1. The molecule has 1 aromatic carbocycles. The minimum Gasteiger partial charge on any atom is -0.478 e. The lowest BCUT2D eigenvalue weighted by Gasteiger charge is -2.34. The largest absolute Gasteiger partial charge is 0.478 e. The third-order valence-electron chi connectivity index (χ3n) is 4.57. The number of carbonyl (C=O) groups excluding carboxylic acids is 2. The summed E-state index contributed by atoms with van der Waals surface area (Å²) in [6.07, 6.45) is 0. The zero-order valence-corrected chi connectivity index (χ0v) is 15.0. The van der Waals surface area contributed by atoms with E-state index in [1.165, 1.54) is 34.9 Å². The van der Waals surface area contributed by atoms with Crippen LogP contribution >= 0.6 is 0 Å². The molecule has 1 aliphatic heterocycles. The van der Waals surface area contributed by atoms with Crippen molar-refractivity contribution in [2.24, 2.45) is 0 Å². The fraction of sp³-hybridized carbons (Fsp3) is 0.263. The molecule has 28 heavy (non-hydrogen) atoms. The molecule has 7 nitrogen and oxygen atoms in total. The second-order valence-corrected chi connectivity index (χ2v) is 6.32. The van der Waals surface area contributed by atoms with Crippen LogP contribution in [0.2, 0.25) is 0 Å². The van der Waals surface area contributed by atoms with E-state index in [1.54, 1.807) is 0 Å². The fourth-order valence-corrected chi connectivity index (χ4v) is 3.04. The molecule has 2 heterocycles. The number of piperazine rings is 1. The Balaban J connectivity index is 1.68. The van der Waals surface area contributed by atoms with Crippen LogP contribution in [0.15, 0.2) is 30.3 Å². The van der Waals surface area contributed by atoms with Crippen molar-refractivity contribution in [1.29, 1.82) is 0 Å². The standard InChI is InChI=1S/C19H17F2N3O4/c1-11-12(19(27)28)5-6-15(22-11)17(25)23-7-9-24(10-8-23)18(26)16-13(20)3-2-4-14(16)21/h2-6H,7-10H2,1H3,(H,27,28). The van der Waals surface area contributed by atoms with Gasteiger partial charge in [-0.25, -0.2) is 18.6 Å². The Labute approximate surface area is 159 Å². The van der Waals surface area contributed by atoms with Crippen LogP contribution in [0.4, 0.5) is 8.78 Å². The van der Waals surface area contributed by atoms with Crippen molar-refractivity contribution in [1.82, 2.24) is 14.8 Å². The minimum atomic E-state index is -1.13. The molecule has 0 spiro atoms. The van der Waals surface area contributed by atoms with Crippen LogP contribution in [0.1, 0.15) is 36.9 Å². The van der Waals surface area contributed by atoms with Crippen LogP contribution in [-0.4, -0.2) is 63.9 Å².